The number of hydrogen-bond donors (Lipinski definition) is 3. The standard InChI is InChI=1S/C11H10F2N4O3S/c1-5-9(12)16-11(13)17-10(5)15-6-2-3-8(7(14)4-6)21(18,19)20/h2-4H,14H2,1H3,(H,15,16,17)(H,18,19,20). The van der Waals surface area contributed by atoms with Gasteiger partial charge in [0.1, 0.15) is 10.7 Å². The Balaban J connectivity index is 2.40. The highest BCUT2D eigenvalue weighted by molar-refractivity contribution is 7.86. The summed E-state index contributed by atoms with van der Waals surface area (Å²) in [5.41, 5.74) is 5.49. The number of nitrogen functional groups attached to an aromatic ring is 1. The normalized spacial score (nSPS) is 11.4. The van der Waals surface area contributed by atoms with Crippen molar-refractivity contribution >= 4 is 27.3 Å². The van der Waals surface area contributed by atoms with E-state index >= 15 is 0 Å². The maximum atomic E-state index is 13.3. The van der Waals surface area contributed by atoms with Crippen molar-refractivity contribution in [2.24, 2.45) is 0 Å². The van der Waals surface area contributed by atoms with Crippen molar-refractivity contribution in [2.75, 3.05) is 11.1 Å². The van der Waals surface area contributed by atoms with Gasteiger partial charge in [0.15, 0.2) is 0 Å². The topological polar surface area (TPSA) is 118 Å². The van der Waals surface area contributed by atoms with Crippen molar-refractivity contribution in [1.82, 2.24) is 9.97 Å². The summed E-state index contributed by atoms with van der Waals surface area (Å²) in [5.74, 6) is -1.15. The van der Waals surface area contributed by atoms with E-state index in [1.54, 1.807) is 0 Å². The van der Waals surface area contributed by atoms with Gasteiger partial charge in [-0.15, -0.1) is 0 Å². The van der Waals surface area contributed by atoms with E-state index in [1.807, 2.05) is 0 Å². The quantitative estimate of drug-likeness (QED) is 0.341. The Morgan fingerprint density at radius 3 is 2.52 bits per heavy atom. The highest BCUT2D eigenvalue weighted by atomic mass is 32.2. The molecule has 1 aromatic carbocycles. The van der Waals surface area contributed by atoms with E-state index in [9.17, 15) is 17.2 Å². The van der Waals surface area contributed by atoms with Gasteiger partial charge >= 0.3 is 6.08 Å². The zero-order valence-corrected chi connectivity index (χ0v) is 11.4. The first-order valence-electron chi connectivity index (χ1n) is 5.52. The maximum Gasteiger partial charge on any atom is 0.313 e. The summed E-state index contributed by atoms with van der Waals surface area (Å²) in [7, 11) is -4.44. The van der Waals surface area contributed by atoms with Gasteiger partial charge < -0.3 is 11.1 Å². The second-order valence-corrected chi connectivity index (χ2v) is 5.50. The van der Waals surface area contributed by atoms with Crippen LogP contribution in [-0.2, 0) is 10.1 Å². The van der Waals surface area contributed by atoms with Crippen LogP contribution in [0.25, 0.3) is 0 Å². The first kappa shape index (κ1) is 15.1. The molecule has 0 aliphatic heterocycles. The van der Waals surface area contributed by atoms with Crippen LogP contribution in [0.5, 0.6) is 0 Å². The lowest BCUT2D eigenvalue weighted by Crippen LogP contribution is -2.06. The number of aromatic nitrogens is 2. The van der Waals surface area contributed by atoms with Gasteiger partial charge in [-0.25, -0.2) is 0 Å². The van der Waals surface area contributed by atoms with Crippen LogP contribution in [0, 0.1) is 18.9 Å². The SMILES string of the molecule is Cc1c(F)nc(F)nc1Nc1ccc(S(=O)(=O)O)c(N)c1. The summed E-state index contributed by atoms with van der Waals surface area (Å²) in [6.45, 7) is 1.34. The van der Waals surface area contributed by atoms with Gasteiger partial charge in [0.2, 0.25) is 5.95 Å². The van der Waals surface area contributed by atoms with Gasteiger partial charge in [0.25, 0.3) is 10.1 Å². The van der Waals surface area contributed by atoms with Crippen molar-refractivity contribution in [2.45, 2.75) is 11.8 Å². The fraction of sp³-hybridized carbons (Fsp3) is 0.0909. The largest absolute Gasteiger partial charge is 0.398 e. The Hall–Kier alpha value is -2.33. The van der Waals surface area contributed by atoms with E-state index in [-0.39, 0.29) is 22.8 Å². The van der Waals surface area contributed by atoms with E-state index in [4.69, 9.17) is 10.3 Å². The van der Waals surface area contributed by atoms with Gasteiger partial charge in [-0.2, -0.15) is 27.2 Å². The highest BCUT2D eigenvalue weighted by Gasteiger charge is 2.15. The van der Waals surface area contributed by atoms with E-state index in [2.05, 4.69) is 15.3 Å². The molecule has 0 saturated carbocycles. The molecule has 0 spiro atoms. The van der Waals surface area contributed by atoms with E-state index < -0.39 is 27.0 Å². The molecule has 10 heteroatoms. The third kappa shape index (κ3) is 3.23. The average Bonchev–Trinajstić information content (AvgIpc) is 2.33. The molecule has 1 aromatic heterocycles. The number of nitrogens with zero attached hydrogens (tertiary/aromatic N) is 2. The van der Waals surface area contributed by atoms with Crippen LogP contribution < -0.4 is 11.1 Å². The number of rotatable bonds is 3. The smallest absolute Gasteiger partial charge is 0.313 e. The number of benzene rings is 1. The molecule has 112 valence electrons. The Bertz CT molecular complexity index is 811. The molecule has 21 heavy (non-hydrogen) atoms. The van der Waals surface area contributed by atoms with Crippen molar-refractivity contribution in [3.63, 3.8) is 0 Å². The number of nitrogens with one attached hydrogen (secondary N) is 1. The molecule has 0 unspecified atom stereocenters. The molecule has 0 aliphatic carbocycles. The van der Waals surface area contributed by atoms with Gasteiger partial charge in [0.05, 0.1) is 5.69 Å². The van der Waals surface area contributed by atoms with Crippen LogP contribution in [0.1, 0.15) is 5.56 Å². The molecular formula is C11H10F2N4O3S. The minimum absolute atomic E-state index is 0.0196. The summed E-state index contributed by atoms with van der Waals surface area (Å²) in [4.78, 5) is 5.84. The molecule has 4 N–H and O–H groups in total. The monoisotopic (exact) mass is 316 g/mol. The Kier molecular flexibility index (Phi) is 3.75. The van der Waals surface area contributed by atoms with Gasteiger partial charge in [-0.3, -0.25) is 4.55 Å². The Morgan fingerprint density at radius 2 is 1.95 bits per heavy atom. The van der Waals surface area contributed by atoms with Crippen LogP contribution in [0.4, 0.5) is 26.0 Å². The zero-order valence-electron chi connectivity index (χ0n) is 10.6. The van der Waals surface area contributed by atoms with Crippen molar-refractivity contribution in [3.8, 4) is 0 Å². The molecule has 0 fully saturated rings. The van der Waals surface area contributed by atoms with E-state index in [0.29, 0.717) is 0 Å². The lowest BCUT2D eigenvalue weighted by molar-refractivity contribution is 0.479. The molecule has 0 amide bonds. The lowest BCUT2D eigenvalue weighted by atomic mass is 10.2. The fourth-order valence-electron chi connectivity index (χ4n) is 1.58. The van der Waals surface area contributed by atoms with Gasteiger partial charge in [0, 0.05) is 11.3 Å². The number of nitrogens with two attached hydrogens (primary N) is 1. The first-order chi connectivity index (χ1) is 9.68. The highest BCUT2D eigenvalue weighted by Crippen LogP contribution is 2.25. The first-order valence-corrected chi connectivity index (χ1v) is 6.96. The summed E-state index contributed by atoms with van der Waals surface area (Å²) < 4.78 is 57.2. The average molecular weight is 316 g/mol. The number of anilines is 3. The second-order valence-electron chi connectivity index (χ2n) is 4.11. The lowest BCUT2D eigenvalue weighted by Gasteiger charge is -2.10. The van der Waals surface area contributed by atoms with Crippen LogP contribution >= 0.6 is 0 Å². The third-order valence-corrected chi connectivity index (χ3v) is 3.54. The summed E-state index contributed by atoms with van der Waals surface area (Å²) in [5, 5.41) is 2.59. The molecule has 1 heterocycles. The van der Waals surface area contributed by atoms with Crippen molar-refractivity contribution in [1.29, 1.82) is 0 Å². The Labute approximate surface area is 118 Å². The predicted octanol–water partition coefficient (Wildman–Crippen LogP) is 1.64. The zero-order chi connectivity index (χ0) is 15.8. The summed E-state index contributed by atoms with van der Waals surface area (Å²) in [6.07, 6.45) is -1.25. The van der Waals surface area contributed by atoms with Crippen LogP contribution in [0.2, 0.25) is 0 Å². The molecule has 2 aromatic rings. The van der Waals surface area contributed by atoms with Crippen LogP contribution in [-0.4, -0.2) is 22.9 Å². The van der Waals surface area contributed by atoms with E-state index in [0.717, 1.165) is 6.07 Å². The molecule has 0 bridgehead atoms. The minimum atomic E-state index is -4.44. The van der Waals surface area contributed by atoms with Crippen LogP contribution in [0.15, 0.2) is 23.1 Å². The molecular weight excluding hydrogens is 306 g/mol. The Morgan fingerprint density at radius 1 is 1.29 bits per heavy atom. The van der Waals surface area contributed by atoms with Gasteiger partial charge in [-0.1, -0.05) is 0 Å². The molecule has 0 atom stereocenters. The molecule has 7 nitrogen and oxygen atoms in total. The molecule has 0 saturated heterocycles. The number of halogens is 2. The summed E-state index contributed by atoms with van der Waals surface area (Å²) in [6, 6.07) is 3.49. The molecule has 2 rings (SSSR count). The maximum absolute atomic E-state index is 13.3. The minimum Gasteiger partial charge on any atom is -0.398 e. The van der Waals surface area contributed by atoms with Crippen molar-refractivity contribution < 1.29 is 21.8 Å². The predicted molar refractivity (Wildman–Crippen MR) is 70.6 cm³/mol. The second kappa shape index (κ2) is 5.22. The van der Waals surface area contributed by atoms with Gasteiger partial charge in [-0.05, 0) is 25.1 Å². The van der Waals surface area contributed by atoms with E-state index in [1.165, 1.54) is 19.1 Å². The fourth-order valence-corrected chi connectivity index (χ4v) is 2.18. The van der Waals surface area contributed by atoms with Crippen molar-refractivity contribution in [3.05, 3.63) is 35.8 Å². The number of hydrogen-bond acceptors (Lipinski definition) is 6. The molecule has 0 aliphatic rings. The third-order valence-electron chi connectivity index (χ3n) is 2.61. The summed E-state index contributed by atoms with van der Waals surface area (Å²) >= 11 is 0. The van der Waals surface area contributed by atoms with Crippen LogP contribution in [0.3, 0.4) is 0 Å². The molecule has 0 radical (unpaired) electrons.